The highest BCUT2D eigenvalue weighted by atomic mass is 35.5. The second-order valence-corrected chi connectivity index (χ2v) is 6.41. The molecule has 0 unspecified atom stereocenters. The molecule has 5 heteroatoms. The zero-order valence-electron chi connectivity index (χ0n) is 14.7. The molecule has 0 aliphatic carbocycles. The summed E-state index contributed by atoms with van der Waals surface area (Å²) < 4.78 is 0. The van der Waals surface area contributed by atoms with Gasteiger partial charge in [-0.15, -0.1) is 0 Å². The molecule has 0 spiro atoms. The van der Waals surface area contributed by atoms with Gasteiger partial charge in [0.2, 0.25) is 0 Å². The third kappa shape index (κ3) is 4.62. The quantitative estimate of drug-likeness (QED) is 0.598. The van der Waals surface area contributed by atoms with E-state index in [1.54, 1.807) is 12.1 Å². The molecular weight excluding hydrogens is 334 g/mol. The van der Waals surface area contributed by atoms with Crippen molar-refractivity contribution < 1.29 is 4.79 Å². The summed E-state index contributed by atoms with van der Waals surface area (Å²) in [5, 5.41) is 15.6. The number of halogens is 1. The average Bonchev–Trinajstić information content (AvgIpc) is 2.53. The number of carbonyl (C=O) groups excluding carboxylic acids is 1. The third-order valence-corrected chi connectivity index (χ3v) is 4.24. The van der Waals surface area contributed by atoms with Crippen LogP contribution in [0.2, 0.25) is 5.02 Å². The summed E-state index contributed by atoms with van der Waals surface area (Å²) in [7, 11) is 0. The number of amides is 1. The first-order valence-electron chi connectivity index (χ1n) is 7.84. The number of aryl methyl sites for hydroxylation is 4. The standard InChI is InChI=1S/C20H20ClN3O/c1-12-7-14(3)19(15(4)8-12)23-11-16(10-22)20(25)24-17-6-5-13(2)18(21)9-17/h5-9,11,23H,1-4H3,(H,24,25)/b16-11-. The molecule has 25 heavy (non-hydrogen) atoms. The molecule has 2 rings (SSSR count). The fourth-order valence-corrected chi connectivity index (χ4v) is 2.75. The number of hydrogen-bond donors (Lipinski definition) is 2. The summed E-state index contributed by atoms with van der Waals surface area (Å²) in [5.41, 5.74) is 5.61. The van der Waals surface area contributed by atoms with Gasteiger partial charge in [0.25, 0.3) is 5.91 Å². The number of nitriles is 1. The van der Waals surface area contributed by atoms with Gasteiger partial charge >= 0.3 is 0 Å². The first kappa shape index (κ1) is 18.6. The molecule has 0 saturated heterocycles. The first-order chi connectivity index (χ1) is 11.8. The highest BCUT2D eigenvalue weighted by molar-refractivity contribution is 6.31. The number of benzene rings is 2. The van der Waals surface area contributed by atoms with Crippen LogP contribution < -0.4 is 10.6 Å². The molecule has 2 aromatic carbocycles. The van der Waals surface area contributed by atoms with Crippen molar-refractivity contribution >= 4 is 28.9 Å². The van der Waals surface area contributed by atoms with E-state index in [1.807, 2.05) is 52.0 Å². The molecule has 2 N–H and O–H groups in total. The van der Waals surface area contributed by atoms with E-state index in [0.29, 0.717) is 10.7 Å². The number of nitrogens with one attached hydrogen (secondary N) is 2. The summed E-state index contributed by atoms with van der Waals surface area (Å²) >= 11 is 6.06. The molecule has 0 aliphatic rings. The Morgan fingerprint density at radius 1 is 1.08 bits per heavy atom. The van der Waals surface area contributed by atoms with Crippen molar-refractivity contribution in [1.82, 2.24) is 0 Å². The second kappa shape index (κ2) is 7.87. The Hall–Kier alpha value is -2.77. The van der Waals surface area contributed by atoms with E-state index in [0.717, 1.165) is 22.4 Å². The van der Waals surface area contributed by atoms with Crippen LogP contribution >= 0.6 is 11.6 Å². The SMILES string of the molecule is Cc1cc(C)c(N/C=C(/C#N)C(=O)Nc2ccc(C)c(Cl)c2)c(C)c1. The summed E-state index contributed by atoms with van der Waals surface area (Å²) in [4.78, 5) is 12.3. The Morgan fingerprint density at radius 2 is 1.72 bits per heavy atom. The molecule has 4 nitrogen and oxygen atoms in total. The van der Waals surface area contributed by atoms with Crippen LogP contribution in [0.15, 0.2) is 42.1 Å². The molecule has 0 aliphatic heterocycles. The van der Waals surface area contributed by atoms with Crippen molar-refractivity contribution in [3.8, 4) is 6.07 Å². The van der Waals surface area contributed by atoms with E-state index in [2.05, 4.69) is 10.6 Å². The van der Waals surface area contributed by atoms with Gasteiger partial charge in [-0.2, -0.15) is 5.26 Å². The number of nitrogens with zero attached hydrogens (tertiary/aromatic N) is 1. The molecule has 1 amide bonds. The number of anilines is 2. The second-order valence-electron chi connectivity index (χ2n) is 6.01. The van der Waals surface area contributed by atoms with E-state index >= 15 is 0 Å². The third-order valence-electron chi connectivity index (χ3n) is 3.83. The normalized spacial score (nSPS) is 11.0. The first-order valence-corrected chi connectivity index (χ1v) is 8.21. The van der Waals surface area contributed by atoms with Crippen LogP contribution in [0, 0.1) is 39.0 Å². The number of hydrogen-bond acceptors (Lipinski definition) is 3. The smallest absolute Gasteiger partial charge is 0.267 e. The minimum absolute atomic E-state index is 0.0175. The van der Waals surface area contributed by atoms with Crippen molar-refractivity contribution in [2.75, 3.05) is 10.6 Å². The van der Waals surface area contributed by atoms with Crippen LogP contribution in [0.5, 0.6) is 0 Å². The molecule has 0 heterocycles. The highest BCUT2D eigenvalue weighted by Gasteiger charge is 2.11. The summed E-state index contributed by atoms with van der Waals surface area (Å²) in [6, 6.07) is 11.2. The van der Waals surface area contributed by atoms with Gasteiger partial charge in [-0.1, -0.05) is 35.4 Å². The van der Waals surface area contributed by atoms with E-state index in [-0.39, 0.29) is 5.57 Å². The lowest BCUT2D eigenvalue weighted by molar-refractivity contribution is -0.112. The van der Waals surface area contributed by atoms with Crippen LogP contribution in [0.3, 0.4) is 0 Å². The predicted octanol–water partition coefficient (Wildman–Crippen LogP) is 5.03. The van der Waals surface area contributed by atoms with Gasteiger partial charge in [-0.05, 0) is 56.5 Å². The van der Waals surface area contributed by atoms with Crippen LogP contribution in [-0.4, -0.2) is 5.91 Å². The van der Waals surface area contributed by atoms with Crippen molar-refractivity contribution in [2.45, 2.75) is 27.7 Å². The van der Waals surface area contributed by atoms with Gasteiger partial charge in [-0.3, -0.25) is 4.79 Å². The maximum absolute atomic E-state index is 12.3. The Labute approximate surface area is 153 Å². The van der Waals surface area contributed by atoms with Gasteiger partial charge in [0, 0.05) is 22.6 Å². The van der Waals surface area contributed by atoms with Crippen molar-refractivity contribution in [1.29, 1.82) is 5.26 Å². The molecule has 2 aromatic rings. The Balaban J connectivity index is 2.18. The molecule has 0 bridgehead atoms. The van der Waals surface area contributed by atoms with E-state index < -0.39 is 5.91 Å². The average molecular weight is 354 g/mol. The lowest BCUT2D eigenvalue weighted by Gasteiger charge is -2.11. The zero-order chi connectivity index (χ0) is 18.6. The van der Waals surface area contributed by atoms with E-state index in [9.17, 15) is 10.1 Å². The van der Waals surface area contributed by atoms with Crippen molar-refractivity contribution in [3.63, 3.8) is 0 Å². The minimum atomic E-state index is -0.489. The summed E-state index contributed by atoms with van der Waals surface area (Å²) in [5.74, 6) is -0.489. The van der Waals surface area contributed by atoms with E-state index in [4.69, 9.17) is 11.6 Å². The van der Waals surface area contributed by atoms with E-state index in [1.165, 1.54) is 11.8 Å². The molecule has 0 radical (unpaired) electrons. The zero-order valence-corrected chi connectivity index (χ0v) is 15.5. The number of carbonyl (C=O) groups is 1. The molecule has 0 saturated carbocycles. The molecular formula is C20H20ClN3O. The fraction of sp³-hybridized carbons (Fsp3) is 0.200. The molecule has 128 valence electrons. The Bertz CT molecular complexity index is 871. The lowest BCUT2D eigenvalue weighted by Crippen LogP contribution is -2.14. The predicted molar refractivity (Wildman–Crippen MR) is 103 cm³/mol. The lowest BCUT2D eigenvalue weighted by atomic mass is 10.1. The minimum Gasteiger partial charge on any atom is -0.360 e. The monoisotopic (exact) mass is 353 g/mol. The molecule has 0 atom stereocenters. The largest absolute Gasteiger partial charge is 0.360 e. The van der Waals surface area contributed by atoms with Crippen LogP contribution in [0.1, 0.15) is 22.3 Å². The van der Waals surface area contributed by atoms with Gasteiger partial charge in [0.1, 0.15) is 11.6 Å². The Kier molecular flexibility index (Phi) is 5.84. The maximum atomic E-state index is 12.3. The topological polar surface area (TPSA) is 64.9 Å². The van der Waals surface area contributed by atoms with Crippen LogP contribution in [0.4, 0.5) is 11.4 Å². The molecule has 0 aromatic heterocycles. The van der Waals surface area contributed by atoms with Gasteiger partial charge < -0.3 is 10.6 Å². The van der Waals surface area contributed by atoms with Crippen molar-refractivity contribution in [2.24, 2.45) is 0 Å². The van der Waals surface area contributed by atoms with Crippen LogP contribution in [0.25, 0.3) is 0 Å². The van der Waals surface area contributed by atoms with Crippen molar-refractivity contribution in [3.05, 3.63) is 69.4 Å². The summed E-state index contributed by atoms with van der Waals surface area (Å²) in [6.07, 6.45) is 1.43. The van der Waals surface area contributed by atoms with Gasteiger partial charge in [-0.25, -0.2) is 0 Å². The van der Waals surface area contributed by atoms with Gasteiger partial charge in [0.15, 0.2) is 0 Å². The molecule has 0 fully saturated rings. The highest BCUT2D eigenvalue weighted by Crippen LogP contribution is 2.23. The van der Waals surface area contributed by atoms with Crippen LogP contribution in [-0.2, 0) is 4.79 Å². The van der Waals surface area contributed by atoms with Gasteiger partial charge in [0.05, 0.1) is 0 Å². The fourth-order valence-electron chi connectivity index (χ4n) is 2.57. The maximum Gasteiger partial charge on any atom is 0.267 e. The summed E-state index contributed by atoms with van der Waals surface area (Å²) in [6.45, 7) is 7.87. The number of rotatable bonds is 4. The Morgan fingerprint density at radius 3 is 2.28 bits per heavy atom.